The summed E-state index contributed by atoms with van der Waals surface area (Å²) < 4.78 is 0. The summed E-state index contributed by atoms with van der Waals surface area (Å²) in [5.74, 6) is 1.80. The largest absolute Gasteiger partial charge is 0.298 e. The molecule has 1 rings (SSSR count). The average molecular weight is 198 g/mol. The van der Waals surface area contributed by atoms with Gasteiger partial charge in [0.15, 0.2) is 0 Å². The molecule has 0 heterocycles. The summed E-state index contributed by atoms with van der Waals surface area (Å²) in [6, 6.07) is 0. The zero-order valence-electron chi connectivity index (χ0n) is 8.45. The van der Waals surface area contributed by atoms with Gasteiger partial charge in [0, 0.05) is 5.92 Å². The minimum atomic E-state index is 0.196. The summed E-state index contributed by atoms with van der Waals surface area (Å²) in [6.07, 6.45) is 7.44. The highest BCUT2D eigenvalue weighted by molar-refractivity contribution is 8.00. The van der Waals surface area contributed by atoms with Crippen LogP contribution >= 0.6 is 11.8 Å². The van der Waals surface area contributed by atoms with Gasteiger partial charge in [-0.25, -0.2) is 0 Å². The van der Waals surface area contributed by atoms with Crippen LogP contribution in [0, 0.1) is 5.92 Å². The Kier molecular flexibility index (Phi) is 4.57. The molecule has 2 unspecified atom stereocenters. The molecule has 1 aliphatic carbocycles. The van der Waals surface area contributed by atoms with Gasteiger partial charge in [0.05, 0.1) is 5.25 Å². The van der Waals surface area contributed by atoms with Crippen molar-refractivity contribution in [2.75, 3.05) is 5.75 Å². The van der Waals surface area contributed by atoms with Gasteiger partial charge in [-0.2, -0.15) is 11.8 Å². The molecule has 0 spiro atoms. The molecule has 2 atom stereocenters. The molecule has 13 heavy (non-hydrogen) atoms. The van der Waals surface area contributed by atoms with Crippen LogP contribution in [0.1, 0.15) is 33.1 Å². The number of hydrogen-bond donors (Lipinski definition) is 0. The minimum Gasteiger partial charge on any atom is -0.298 e. The van der Waals surface area contributed by atoms with Gasteiger partial charge in [0.2, 0.25) is 0 Å². The Labute approximate surface area is 85.0 Å². The summed E-state index contributed by atoms with van der Waals surface area (Å²) in [5, 5.41) is 0.196. The highest BCUT2D eigenvalue weighted by atomic mass is 32.2. The Bertz CT molecular complexity index is 198. The van der Waals surface area contributed by atoms with Gasteiger partial charge in [-0.3, -0.25) is 4.79 Å². The van der Waals surface area contributed by atoms with Crippen molar-refractivity contribution >= 4 is 17.5 Å². The third kappa shape index (κ3) is 3.18. The fourth-order valence-corrected chi connectivity index (χ4v) is 2.57. The van der Waals surface area contributed by atoms with Gasteiger partial charge >= 0.3 is 0 Å². The van der Waals surface area contributed by atoms with Crippen LogP contribution in [0.15, 0.2) is 12.2 Å². The normalized spacial score (nSPS) is 24.3. The molecule has 0 saturated carbocycles. The van der Waals surface area contributed by atoms with E-state index in [2.05, 4.69) is 19.1 Å². The van der Waals surface area contributed by atoms with Crippen LogP contribution in [0.5, 0.6) is 0 Å². The Balaban J connectivity index is 2.41. The molecule has 0 N–H and O–H groups in total. The first-order valence-electron chi connectivity index (χ1n) is 5.06. The van der Waals surface area contributed by atoms with Crippen LogP contribution in [0.2, 0.25) is 0 Å². The molecule has 0 aromatic rings. The maximum absolute atomic E-state index is 11.8. The lowest BCUT2D eigenvalue weighted by Crippen LogP contribution is -2.24. The van der Waals surface area contributed by atoms with E-state index >= 15 is 0 Å². The average Bonchev–Trinajstić information content (AvgIpc) is 2.18. The predicted octanol–water partition coefficient (Wildman–Crippen LogP) is 3.05. The van der Waals surface area contributed by atoms with Crippen molar-refractivity contribution < 1.29 is 4.79 Å². The quantitative estimate of drug-likeness (QED) is 0.646. The van der Waals surface area contributed by atoms with Gasteiger partial charge in [0.1, 0.15) is 5.78 Å². The van der Waals surface area contributed by atoms with Crippen LogP contribution in [0.4, 0.5) is 0 Å². The summed E-state index contributed by atoms with van der Waals surface area (Å²) in [4.78, 5) is 11.8. The van der Waals surface area contributed by atoms with E-state index in [0.717, 1.165) is 25.0 Å². The van der Waals surface area contributed by atoms with Crippen molar-refractivity contribution in [3.05, 3.63) is 12.2 Å². The fraction of sp³-hybridized carbons (Fsp3) is 0.727. The van der Waals surface area contributed by atoms with Gasteiger partial charge in [0.25, 0.3) is 0 Å². The number of rotatable bonds is 4. The minimum absolute atomic E-state index is 0.196. The van der Waals surface area contributed by atoms with Crippen molar-refractivity contribution in [2.24, 2.45) is 5.92 Å². The van der Waals surface area contributed by atoms with Gasteiger partial charge in [-0.1, -0.05) is 19.1 Å². The second-order valence-corrected chi connectivity index (χ2v) is 5.10. The molecule has 0 saturated heterocycles. The second kappa shape index (κ2) is 5.48. The molecule has 1 aliphatic rings. The standard InChI is InChI=1S/C11H18OS/c1-3-13-9(2)11(12)10-7-5-4-6-8-10/h4-5,9-10H,3,6-8H2,1-2H3. The monoisotopic (exact) mass is 198 g/mol. The second-order valence-electron chi connectivity index (χ2n) is 3.48. The maximum Gasteiger partial charge on any atom is 0.148 e. The third-order valence-corrected chi connectivity index (χ3v) is 3.55. The molecule has 74 valence electrons. The number of hydrogen-bond acceptors (Lipinski definition) is 2. The number of allylic oxidation sites excluding steroid dienone is 2. The first-order valence-corrected chi connectivity index (χ1v) is 6.11. The van der Waals surface area contributed by atoms with E-state index in [1.54, 1.807) is 11.8 Å². The first-order chi connectivity index (χ1) is 6.25. The van der Waals surface area contributed by atoms with E-state index in [-0.39, 0.29) is 5.25 Å². The lowest BCUT2D eigenvalue weighted by Gasteiger charge is -2.19. The lowest BCUT2D eigenvalue weighted by atomic mass is 9.89. The molecule has 0 aliphatic heterocycles. The van der Waals surface area contributed by atoms with E-state index < -0.39 is 0 Å². The molecule has 1 nitrogen and oxygen atoms in total. The summed E-state index contributed by atoms with van der Waals surface area (Å²) >= 11 is 1.76. The summed E-state index contributed by atoms with van der Waals surface area (Å²) in [6.45, 7) is 4.14. The molecular weight excluding hydrogens is 180 g/mol. The lowest BCUT2D eigenvalue weighted by molar-refractivity contribution is -0.122. The molecule has 2 heteroatoms. The summed E-state index contributed by atoms with van der Waals surface area (Å²) in [5.41, 5.74) is 0. The van der Waals surface area contributed by atoms with Gasteiger partial charge in [-0.05, 0) is 31.9 Å². The van der Waals surface area contributed by atoms with Gasteiger partial charge in [-0.15, -0.1) is 0 Å². The fourth-order valence-electron chi connectivity index (χ4n) is 1.72. The van der Waals surface area contributed by atoms with Crippen LogP contribution in [-0.2, 0) is 4.79 Å². The summed E-state index contributed by atoms with van der Waals surface area (Å²) in [7, 11) is 0. The topological polar surface area (TPSA) is 17.1 Å². The molecular formula is C11H18OS. The zero-order valence-corrected chi connectivity index (χ0v) is 9.27. The van der Waals surface area contributed by atoms with E-state index in [4.69, 9.17) is 0 Å². The highest BCUT2D eigenvalue weighted by Crippen LogP contribution is 2.24. The molecule has 0 bridgehead atoms. The Hall–Kier alpha value is -0.240. The van der Waals surface area contributed by atoms with E-state index in [9.17, 15) is 4.79 Å². The molecule has 0 radical (unpaired) electrons. The number of carbonyl (C=O) groups excluding carboxylic acids is 1. The number of Topliss-reactive ketones (excluding diaryl/α,β-unsaturated/α-hetero) is 1. The highest BCUT2D eigenvalue weighted by Gasteiger charge is 2.23. The number of ketones is 1. The number of thioether (sulfide) groups is 1. The van der Waals surface area contributed by atoms with Crippen molar-refractivity contribution in [2.45, 2.75) is 38.4 Å². The van der Waals surface area contributed by atoms with Crippen molar-refractivity contribution in [3.8, 4) is 0 Å². The smallest absolute Gasteiger partial charge is 0.148 e. The molecule has 0 fully saturated rings. The van der Waals surface area contributed by atoms with Gasteiger partial charge < -0.3 is 0 Å². The van der Waals surface area contributed by atoms with Crippen molar-refractivity contribution in [1.82, 2.24) is 0 Å². The SMILES string of the molecule is CCSC(C)C(=O)C1CC=CCC1. The molecule has 0 aromatic carbocycles. The van der Waals surface area contributed by atoms with Crippen LogP contribution < -0.4 is 0 Å². The van der Waals surface area contributed by atoms with E-state index in [1.165, 1.54) is 0 Å². The van der Waals surface area contributed by atoms with E-state index in [1.807, 2.05) is 6.92 Å². The van der Waals surface area contributed by atoms with Crippen molar-refractivity contribution in [3.63, 3.8) is 0 Å². The van der Waals surface area contributed by atoms with Crippen molar-refractivity contribution in [1.29, 1.82) is 0 Å². The third-order valence-electron chi connectivity index (χ3n) is 2.49. The maximum atomic E-state index is 11.8. The van der Waals surface area contributed by atoms with Crippen LogP contribution in [0.3, 0.4) is 0 Å². The Morgan fingerprint density at radius 2 is 2.38 bits per heavy atom. The molecule has 0 aromatic heterocycles. The van der Waals surface area contributed by atoms with Crippen LogP contribution in [-0.4, -0.2) is 16.8 Å². The molecule has 0 amide bonds. The Morgan fingerprint density at radius 1 is 1.62 bits per heavy atom. The predicted molar refractivity (Wildman–Crippen MR) is 59.1 cm³/mol. The van der Waals surface area contributed by atoms with E-state index in [0.29, 0.717) is 11.7 Å². The van der Waals surface area contributed by atoms with Crippen LogP contribution in [0.25, 0.3) is 0 Å². The first kappa shape index (κ1) is 10.8. The zero-order chi connectivity index (χ0) is 9.68. The number of carbonyl (C=O) groups is 1. The Morgan fingerprint density at radius 3 is 2.92 bits per heavy atom.